The Balaban J connectivity index is 1.69. The lowest BCUT2D eigenvalue weighted by molar-refractivity contribution is -0.215. The molecular weight excluding hydrogens is 412 g/mol. The molecule has 1 fully saturated rings. The van der Waals surface area contributed by atoms with Crippen molar-refractivity contribution in [3.05, 3.63) is 96.6 Å². The van der Waals surface area contributed by atoms with Gasteiger partial charge < -0.3 is 13.9 Å². The molecule has 3 aromatic carbocycles. The molecule has 4 heteroatoms. The Kier molecular flexibility index (Phi) is 7.26. The minimum Gasteiger partial charge on any atom is -0.399 e. The van der Waals surface area contributed by atoms with Crippen molar-refractivity contribution in [2.45, 2.75) is 57.7 Å². The van der Waals surface area contributed by atoms with Crippen molar-refractivity contribution in [1.82, 2.24) is 0 Å². The van der Waals surface area contributed by atoms with E-state index in [2.05, 4.69) is 93.6 Å². The fraction of sp³-hybridized carbons (Fsp3) is 0.357. The normalized spacial score (nSPS) is 19.6. The van der Waals surface area contributed by atoms with Crippen LogP contribution in [-0.4, -0.2) is 27.3 Å². The monoisotopic (exact) mass is 446 g/mol. The number of rotatable bonds is 7. The first kappa shape index (κ1) is 22.9. The van der Waals surface area contributed by atoms with Crippen molar-refractivity contribution < 1.29 is 13.9 Å². The van der Waals surface area contributed by atoms with Gasteiger partial charge in [-0.3, -0.25) is 0 Å². The van der Waals surface area contributed by atoms with E-state index in [-0.39, 0.29) is 17.4 Å². The van der Waals surface area contributed by atoms with Crippen LogP contribution in [0.5, 0.6) is 0 Å². The molecule has 1 aliphatic heterocycles. The molecule has 168 valence electrons. The quantitative estimate of drug-likeness (QED) is 0.462. The van der Waals surface area contributed by atoms with Crippen LogP contribution in [0.2, 0.25) is 5.04 Å². The highest BCUT2D eigenvalue weighted by Crippen LogP contribution is 2.39. The van der Waals surface area contributed by atoms with Crippen LogP contribution >= 0.6 is 0 Å². The molecule has 0 spiro atoms. The molecule has 0 saturated carbocycles. The number of ether oxygens (including phenoxy) is 2. The van der Waals surface area contributed by atoms with Gasteiger partial charge in [-0.15, -0.1) is 0 Å². The summed E-state index contributed by atoms with van der Waals surface area (Å²) in [6, 6.07) is 31.8. The molecule has 0 unspecified atom stereocenters. The number of hydrogen-bond donors (Lipinski definition) is 0. The largest absolute Gasteiger partial charge is 0.399 e. The van der Waals surface area contributed by atoms with Crippen LogP contribution in [0, 0.1) is 0 Å². The zero-order valence-electron chi connectivity index (χ0n) is 19.4. The van der Waals surface area contributed by atoms with E-state index < -0.39 is 8.32 Å². The van der Waals surface area contributed by atoms with Crippen LogP contribution < -0.4 is 10.4 Å². The predicted octanol–water partition coefficient (Wildman–Crippen LogP) is 5.28. The SMILES string of the molecule is CC(C)(C)[Si](O[C@H]1CCCO[C@@H]1OCc1ccccc1)(c1ccccc1)c1ccccc1. The molecule has 3 nitrogen and oxygen atoms in total. The Hall–Kier alpha value is -2.24. The summed E-state index contributed by atoms with van der Waals surface area (Å²) >= 11 is 0. The number of hydrogen-bond acceptors (Lipinski definition) is 3. The van der Waals surface area contributed by atoms with Crippen LogP contribution in [0.25, 0.3) is 0 Å². The van der Waals surface area contributed by atoms with Gasteiger partial charge in [0.25, 0.3) is 8.32 Å². The summed E-state index contributed by atoms with van der Waals surface area (Å²) in [4.78, 5) is 0. The molecule has 0 N–H and O–H groups in total. The van der Waals surface area contributed by atoms with Gasteiger partial charge in [0, 0.05) is 6.61 Å². The first-order chi connectivity index (χ1) is 15.5. The molecule has 0 aliphatic carbocycles. The first-order valence-corrected chi connectivity index (χ1v) is 13.5. The summed E-state index contributed by atoms with van der Waals surface area (Å²) in [5, 5.41) is 2.49. The lowest BCUT2D eigenvalue weighted by Gasteiger charge is -2.47. The third-order valence-corrected chi connectivity index (χ3v) is 11.3. The average molecular weight is 447 g/mol. The van der Waals surface area contributed by atoms with Crippen molar-refractivity contribution in [2.75, 3.05) is 6.61 Å². The van der Waals surface area contributed by atoms with E-state index in [0.717, 1.165) is 18.4 Å². The van der Waals surface area contributed by atoms with E-state index in [4.69, 9.17) is 13.9 Å². The third kappa shape index (κ3) is 4.89. The standard InChI is InChI=1S/C28H34O3Si/c1-28(2,3)32(24-16-9-5-10-17-24,25-18-11-6-12-19-25)31-26-20-13-21-29-27(26)30-22-23-14-7-4-8-15-23/h4-12,14-19,26-27H,13,20-22H2,1-3H3/t26-,27+/m0/s1. The number of benzene rings is 3. The highest BCUT2D eigenvalue weighted by Gasteiger charge is 2.52. The van der Waals surface area contributed by atoms with Gasteiger partial charge in [0.2, 0.25) is 0 Å². The van der Waals surface area contributed by atoms with Crippen molar-refractivity contribution in [3.8, 4) is 0 Å². The van der Waals surface area contributed by atoms with E-state index in [1.807, 2.05) is 18.2 Å². The van der Waals surface area contributed by atoms with E-state index in [1.54, 1.807) is 0 Å². The molecule has 3 aromatic rings. The molecule has 1 saturated heterocycles. The van der Waals surface area contributed by atoms with Gasteiger partial charge in [-0.1, -0.05) is 112 Å². The lowest BCUT2D eigenvalue weighted by atomic mass is 10.1. The molecule has 4 rings (SSSR count). The van der Waals surface area contributed by atoms with Crippen molar-refractivity contribution in [1.29, 1.82) is 0 Å². The van der Waals surface area contributed by atoms with Gasteiger partial charge in [-0.2, -0.15) is 0 Å². The molecule has 0 aromatic heterocycles. The first-order valence-electron chi connectivity index (χ1n) is 11.6. The smallest absolute Gasteiger partial charge is 0.261 e. The Morgan fingerprint density at radius 2 is 1.34 bits per heavy atom. The molecule has 0 radical (unpaired) electrons. The summed E-state index contributed by atoms with van der Waals surface area (Å²) in [5.74, 6) is 0. The maximum atomic E-state index is 7.31. The summed E-state index contributed by atoms with van der Waals surface area (Å²) in [6.07, 6.45) is 1.43. The van der Waals surface area contributed by atoms with Gasteiger partial charge >= 0.3 is 0 Å². The van der Waals surface area contributed by atoms with Crippen LogP contribution in [0.1, 0.15) is 39.2 Å². The topological polar surface area (TPSA) is 27.7 Å². The summed E-state index contributed by atoms with van der Waals surface area (Å²) in [6.45, 7) is 8.15. The lowest BCUT2D eigenvalue weighted by Crippen LogP contribution is -2.68. The van der Waals surface area contributed by atoms with Crippen LogP contribution in [-0.2, 0) is 20.5 Å². The van der Waals surface area contributed by atoms with Crippen molar-refractivity contribution in [3.63, 3.8) is 0 Å². The summed E-state index contributed by atoms with van der Waals surface area (Å²) < 4.78 is 19.7. The Morgan fingerprint density at radius 3 is 1.88 bits per heavy atom. The molecular formula is C28H34O3Si. The Labute approximate surface area is 193 Å². The van der Waals surface area contributed by atoms with Gasteiger partial charge in [-0.05, 0) is 33.8 Å². The van der Waals surface area contributed by atoms with Crippen molar-refractivity contribution >= 4 is 18.7 Å². The van der Waals surface area contributed by atoms with Gasteiger partial charge in [0.05, 0.1) is 12.7 Å². The predicted molar refractivity (Wildman–Crippen MR) is 133 cm³/mol. The van der Waals surface area contributed by atoms with Crippen LogP contribution in [0.15, 0.2) is 91.0 Å². The minimum absolute atomic E-state index is 0.0723. The van der Waals surface area contributed by atoms with E-state index in [9.17, 15) is 0 Å². The van der Waals surface area contributed by atoms with Gasteiger partial charge in [0.1, 0.15) is 0 Å². The van der Waals surface area contributed by atoms with E-state index in [1.165, 1.54) is 10.4 Å². The van der Waals surface area contributed by atoms with Gasteiger partial charge in [-0.25, -0.2) is 0 Å². The summed E-state index contributed by atoms with van der Waals surface area (Å²) in [7, 11) is -2.65. The second-order valence-corrected chi connectivity index (χ2v) is 13.8. The molecule has 2 atom stereocenters. The Bertz CT molecular complexity index is 915. The van der Waals surface area contributed by atoms with E-state index in [0.29, 0.717) is 13.2 Å². The van der Waals surface area contributed by atoms with Crippen LogP contribution in [0.3, 0.4) is 0 Å². The van der Waals surface area contributed by atoms with Crippen molar-refractivity contribution in [2.24, 2.45) is 0 Å². The minimum atomic E-state index is -2.65. The maximum absolute atomic E-state index is 7.31. The Morgan fingerprint density at radius 1 is 0.812 bits per heavy atom. The molecule has 1 aliphatic rings. The van der Waals surface area contributed by atoms with Crippen LogP contribution in [0.4, 0.5) is 0 Å². The molecule has 0 bridgehead atoms. The molecule has 32 heavy (non-hydrogen) atoms. The average Bonchev–Trinajstić information content (AvgIpc) is 2.83. The van der Waals surface area contributed by atoms with E-state index >= 15 is 0 Å². The molecule has 1 heterocycles. The maximum Gasteiger partial charge on any atom is 0.261 e. The zero-order chi connectivity index (χ0) is 22.4. The highest BCUT2D eigenvalue weighted by atomic mass is 28.4. The zero-order valence-corrected chi connectivity index (χ0v) is 20.4. The fourth-order valence-corrected chi connectivity index (χ4v) is 9.37. The third-order valence-electron chi connectivity index (χ3n) is 6.22. The fourth-order valence-electron chi connectivity index (χ4n) is 4.67. The highest BCUT2D eigenvalue weighted by molar-refractivity contribution is 6.99. The summed E-state index contributed by atoms with van der Waals surface area (Å²) in [5.41, 5.74) is 1.14. The van der Waals surface area contributed by atoms with Gasteiger partial charge in [0.15, 0.2) is 6.29 Å². The second kappa shape index (κ2) is 10.1. The second-order valence-electron chi connectivity index (χ2n) is 9.50. The molecule has 0 amide bonds.